The highest BCUT2D eigenvalue weighted by atomic mass is 16.6. The molecule has 1 heterocycles. The number of nitrogens with zero attached hydrogens (tertiary/aromatic N) is 4. The van der Waals surface area contributed by atoms with E-state index in [1.165, 1.54) is 25.4 Å². The third-order valence-electron chi connectivity index (χ3n) is 5.62. The van der Waals surface area contributed by atoms with Gasteiger partial charge in [-0.05, 0) is 47.1 Å². The van der Waals surface area contributed by atoms with E-state index in [1.807, 2.05) is 37.3 Å². The van der Waals surface area contributed by atoms with Crippen molar-refractivity contribution < 1.29 is 23.8 Å². The molecule has 0 N–H and O–H groups in total. The van der Waals surface area contributed by atoms with Crippen molar-refractivity contribution in [1.82, 2.24) is 9.97 Å². The van der Waals surface area contributed by atoms with Crippen LogP contribution in [-0.2, 0) is 11.3 Å². The molecule has 0 bridgehead atoms. The van der Waals surface area contributed by atoms with Gasteiger partial charge in [-0.2, -0.15) is 4.90 Å². The molecular formula is C28H34N4O5. The zero-order chi connectivity index (χ0) is 27.3. The van der Waals surface area contributed by atoms with Gasteiger partial charge in [-0.15, -0.1) is 0 Å². The predicted octanol–water partition coefficient (Wildman–Crippen LogP) is 5.99. The Morgan fingerprint density at radius 2 is 1.49 bits per heavy atom. The number of imide groups is 1. The lowest BCUT2D eigenvalue weighted by Crippen LogP contribution is -2.49. The summed E-state index contributed by atoms with van der Waals surface area (Å²) < 4.78 is 16.8. The Labute approximate surface area is 218 Å². The number of rotatable bonds is 6. The van der Waals surface area contributed by atoms with E-state index < -0.39 is 17.7 Å². The second-order valence-corrected chi connectivity index (χ2v) is 9.57. The second kappa shape index (κ2) is 11.3. The fraction of sp³-hybridized carbons (Fsp3) is 0.357. The summed E-state index contributed by atoms with van der Waals surface area (Å²) in [6.45, 7) is 10.8. The van der Waals surface area contributed by atoms with Crippen molar-refractivity contribution >= 4 is 23.6 Å². The van der Waals surface area contributed by atoms with Crippen LogP contribution in [0.25, 0.3) is 0 Å². The Morgan fingerprint density at radius 3 is 2.00 bits per heavy atom. The van der Waals surface area contributed by atoms with Gasteiger partial charge in [-0.1, -0.05) is 30.3 Å². The van der Waals surface area contributed by atoms with Crippen LogP contribution in [0.2, 0.25) is 0 Å². The molecule has 1 aromatic heterocycles. The average molecular weight is 507 g/mol. The van der Waals surface area contributed by atoms with E-state index in [0.29, 0.717) is 39.8 Å². The number of amides is 3. The number of methoxy groups -OCH3 is 2. The predicted molar refractivity (Wildman–Crippen MR) is 143 cm³/mol. The van der Waals surface area contributed by atoms with Crippen LogP contribution in [0.1, 0.15) is 43.2 Å². The summed E-state index contributed by atoms with van der Waals surface area (Å²) in [6.07, 6.45) is 0.557. The lowest BCUT2D eigenvalue weighted by atomic mass is 10.1. The Hall–Kier alpha value is -4.14. The Morgan fingerprint density at radius 1 is 0.892 bits per heavy atom. The normalized spacial score (nSPS) is 11.0. The molecule has 2 aromatic carbocycles. The fourth-order valence-corrected chi connectivity index (χ4v) is 3.90. The maximum absolute atomic E-state index is 14.4. The first-order valence-electron chi connectivity index (χ1n) is 11.9. The van der Waals surface area contributed by atoms with Gasteiger partial charge in [-0.3, -0.25) is 4.90 Å². The lowest BCUT2D eigenvalue weighted by molar-refractivity contribution is 0.0594. The first-order chi connectivity index (χ1) is 17.5. The molecular weight excluding hydrogens is 472 g/mol. The van der Waals surface area contributed by atoms with Crippen LogP contribution >= 0.6 is 0 Å². The zero-order valence-corrected chi connectivity index (χ0v) is 22.7. The highest BCUT2D eigenvalue weighted by Gasteiger charge is 2.36. The van der Waals surface area contributed by atoms with Gasteiger partial charge < -0.3 is 14.2 Å². The van der Waals surface area contributed by atoms with Crippen LogP contribution in [-0.4, -0.2) is 41.9 Å². The summed E-state index contributed by atoms with van der Waals surface area (Å²) in [5, 5.41) is 0. The molecule has 0 radical (unpaired) electrons. The van der Waals surface area contributed by atoms with Crippen molar-refractivity contribution in [3.05, 3.63) is 71.2 Å². The minimum Gasteiger partial charge on any atom is -0.496 e. The van der Waals surface area contributed by atoms with Gasteiger partial charge in [0.15, 0.2) is 0 Å². The molecule has 3 aromatic rings. The van der Waals surface area contributed by atoms with Crippen molar-refractivity contribution in [1.29, 1.82) is 0 Å². The van der Waals surface area contributed by atoms with Crippen molar-refractivity contribution in [2.24, 2.45) is 0 Å². The first-order valence-corrected chi connectivity index (χ1v) is 11.9. The number of hydrogen-bond acceptors (Lipinski definition) is 7. The number of carbonyl (C=O) groups is 2. The maximum Gasteiger partial charge on any atom is 0.423 e. The van der Waals surface area contributed by atoms with E-state index in [0.717, 1.165) is 10.5 Å². The highest BCUT2D eigenvalue weighted by Crippen LogP contribution is 2.40. The Bertz CT molecular complexity index is 1240. The van der Waals surface area contributed by atoms with Gasteiger partial charge in [0.1, 0.15) is 29.2 Å². The molecule has 0 aliphatic carbocycles. The quantitative estimate of drug-likeness (QED) is 0.405. The van der Waals surface area contributed by atoms with E-state index in [9.17, 15) is 9.59 Å². The number of carbonyl (C=O) groups excluding carboxylic acids is 2. The van der Waals surface area contributed by atoms with Crippen LogP contribution in [0.3, 0.4) is 0 Å². The molecule has 0 saturated carbocycles. The number of anilines is 2. The van der Waals surface area contributed by atoms with Gasteiger partial charge in [0, 0.05) is 29.0 Å². The number of benzene rings is 2. The summed E-state index contributed by atoms with van der Waals surface area (Å²) >= 11 is 0. The monoisotopic (exact) mass is 506 g/mol. The zero-order valence-electron chi connectivity index (χ0n) is 22.7. The number of aromatic nitrogens is 2. The van der Waals surface area contributed by atoms with Crippen molar-refractivity contribution in [2.45, 2.75) is 53.7 Å². The third kappa shape index (κ3) is 6.35. The second-order valence-electron chi connectivity index (χ2n) is 9.57. The van der Waals surface area contributed by atoms with Crippen LogP contribution < -0.4 is 19.3 Å². The van der Waals surface area contributed by atoms with Crippen molar-refractivity contribution in [2.75, 3.05) is 24.0 Å². The molecule has 37 heavy (non-hydrogen) atoms. The van der Waals surface area contributed by atoms with Gasteiger partial charge >= 0.3 is 12.1 Å². The van der Waals surface area contributed by atoms with Crippen molar-refractivity contribution in [3.8, 4) is 11.5 Å². The minimum atomic E-state index is -0.851. The molecule has 9 heteroatoms. The fourth-order valence-electron chi connectivity index (χ4n) is 3.90. The molecule has 0 unspecified atom stereocenters. The van der Waals surface area contributed by atoms with Crippen molar-refractivity contribution in [3.63, 3.8) is 0 Å². The van der Waals surface area contributed by atoms with E-state index >= 15 is 0 Å². The molecule has 0 aliphatic heterocycles. The van der Waals surface area contributed by atoms with Gasteiger partial charge in [0.05, 0.1) is 26.5 Å². The van der Waals surface area contributed by atoms with E-state index in [-0.39, 0.29) is 6.54 Å². The van der Waals surface area contributed by atoms with Gasteiger partial charge in [-0.25, -0.2) is 19.6 Å². The molecule has 3 amide bonds. The molecule has 9 nitrogen and oxygen atoms in total. The smallest absolute Gasteiger partial charge is 0.423 e. The molecule has 0 atom stereocenters. The number of aryl methyl sites for hydroxylation is 1. The van der Waals surface area contributed by atoms with E-state index in [2.05, 4.69) is 9.97 Å². The summed E-state index contributed by atoms with van der Waals surface area (Å²) in [6, 6.07) is 12.2. The summed E-state index contributed by atoms with van der Waals surface area (Å²) in [7, 11) is 3.04. The first kappa shape index (κ1) is 27.4. The maximum atomic E-state index is 14.4. The Kier molecular flexibility index (Phi) is 8.37. The largest absolute Gasteiger partial charge is 0.496 e. The number of ether oxygens (including phenoxy) is 3. The van der Waals surface area contributed by atoms with E-state index in [1.54, 1.807) is 46.8 Å². The summed E-state index contributed by atoms with van der Waals surface area (Å²) in [5.74, 6) is 1.28. The minimum absolute atomic E-state index is 0.161. The number of hydrogen-bond donors (Lipinski definition) is 0. The van der Waals surface area contributed by atoms with Gasteiger partial charge in [0.2, 0.25) is 0 Å². The molecule has 196 valence electrons. The average Bonchev–Trinajstić information content (AvgIpc) is 2.84. The standard InChI is InChI=1S/C28H34N4O5/c1-18-14-24(30-17-29-18)31(16-21-12-10-9-11-13-21)26(33)32(27(34)37-28(4,5)6)25-19(2)22(35-7)15-23(36-8)20(25)3/h9-15,17H,16H2,1-8H3. The molecule has 0 aliphatic rings. The molecule has 0 fully saturated rings. The SMILES string of the molecule is COc1cc(OC)c(C)c(N(C(=O)OC(C)(C)C)C(=O)N(Cc2ccccc2)c2cc(C)ncn2)c1C. The highest BCUT2D eigenvalue weighted by molar-refractivity contribution is 6.18. The van der Waals surface area contributed by atoms with Crippen LogP contribution in [0.5, 0.6) is 11.5 Å². The molecule has 3 rings (SSSR count). The van der Waals surface area contributed by atoms with Crippen LogP contribution in [0, 0.1) is 20.8 Å². The summed E-state index contributed by atoms with van der Waals surface area (Å²) in [4.78, 5) is 39.1. The number of urea groups is 1. The Balaban J connectivity index is 2.25. The van der Waals surface area contributed by atoms with Gasteiger partial charge in [0.25, 0.3) is 0 Å². The molecule has 0 saturated heterocycles. The summed E-state index contributed by atoms with van der Waals surface area (Å²) in [5.41, 5.74) is 2.16. The van der Waals surface area contributed by atoms with Crippen LogP contribution in [0.4, 0.5) is 21.1 Å². The third-order valence-corrected chi connectivity index (χ3v) is 5.62. The lowest BCUT2D eigenvalue weighted by Gasteiger charge is -2.33. The topological polar surface area (TPSA) is 94.1 Å². The molecule has 0 spiro atoms. The van der Waals surface area contributed by atoms with Crippen LogP contribution in [0.15, 0.2) is 48.8 Å². The van der Waals surface area contributed by atoms with E-state index in [4.69, 9.17) is 14.2 Å².